The molecule has 2 unspecified atom stereocenters. The van der Waals surface area contributed by atoms with Gasteiger partial charge < -0.3 is 14.9 Å². The van der Waals surface area contributed by atoms with Gasteiger partial charge in [-0.05, 0) is 99.6 Å². The van der Waals surface area contributed by atoms with Gasteiger partial charge in [-0.1, -0.05) is 34.5 Å². The minimum atomic E-state index is -0.761. The van der Waals surface area contributed by atoms with Crippen molar-refractivity contribution in [3.8, 4) is 10.6 Å². The van der Waals surface area contributed by atoms with E-state index in [9.17, 15) is 14.7 Å². The van der Waals surface area contributed by atoms with Crippen molar-refractivity contribution in [1.29, 1.82) is 0 Å². The van der Waals surface area contributed by atoms with Crippen molar-refractivity contribution in [2.24, 2.45) is 35.5 Å². The van der Waals surface area contributed by atoms with Gasteiger partial charge >= 0.3 is 5.97 Å². The fourth-order valence-electron chi connectivity index (χ4n) is 9.92. The number of hydrogen-bond donors (Lipinski definition) is 2. The van der Waals surface area contributed by atoms with E-state index in [1.165, 1.54) is 62.6 Å². The van der Waals surface area contributed by atoms with Crippen LogP contribution in [0.4, 0.5) is 16.0 Å². The van der Waals surface area contributed by atoms with Gasteiger partial charge in [0.05, 0.1) is 26.4 Å². The average molecular weight is 728 g/mol. The Balaban J connectivity index is 0.927. The molecule has 12 rings (SSSR count). The maximum absolute atomic E-state index is 13.5. The number of carboxylic acid groups (broad SMARTS) is 1. The van der Waals surface area contributed by atoms with Crippen LogP contribution in [0, 0.1) is 35.5 Å². The molecule has 13 heteroatoms. The van der Waals surface area contributed by atoms with Crippen LogP contribution < -0.4 is 15.1 Å². The van der Waals surface area contributed by atoms with Crippen molar-refractivity contribution < 1.29 is 14.7 Å². The van der Waals surface area contributed by atoms with Crippen LogP contribution in [0.15, 0.2) is 23.7 Å². The number of piperidine rings is 1. The van der Waals surface area contributed by atoms with Crippen molar-refractivity contribution >= 4 is 73.7 Å². The number of thiophene rings is 1. The van der Waals surface area contributed by atoms with E-state index < -0.39 is 5.97 Å². The number of rotatable bonds is 7. The molecule has 1 amide bonds. The number of carboxylic acids is 1. The first-order valence-corrected chi connectivity index (χ1v) is 19.9. The fourth-order valence-corrected chi connectivity index (χ4v) is 12.3. The summed E-state index contributed by atoms with van der Waals surface area (Å²) in [6.45, 7) is 4.38. The number of nitrogens with one attached hydrogen (secondary N) is 1. The van der Waals surface area contributed by atoms with Crippen molar-refractivity contribution in [2.45, 2.75) is 63.5 Å². The summed E-state index contributed by atoms with van der Waals surface area (Å²) in [5, 5.41) is 17.0. The third-order valence-corrected chi connectivity index (χ3v) is 14.9. The van der Waals surface area contributed by atoms with Crippen LogP contribution in [0.25, 0.3) is 10.6 Å². The second-order valence-corrected chi connectivity index (χ2v) is 17.8. The first kappa shape index (κ1) is 31.5. The highest BCUT2D eigenvalue weighted by atomic mass is 35.5. The zero-order chi connectivity index (χ0) is 32.7. The summed E-state index contributed by atoms with van der Waals surface area (Å²) in [6, 6.07) is 4.95. The van der Waals surface area contributed by atoms with Crippen LogP contribution in [0.1, 0.15) is 61.7 Å². The molecule has 3 aromatic rings. The standard InChI is InChI=1S/C35H40Cl2N6O3S2/c36-25-13-28(47-17-25)29-33(42-15-21-3-6-43(27(21)16-42)30-22-8-18(9-22)7-19-10-23(30)11-19)48-35(39-29)40-32(44)24-12-26(37)31(38-14-24)41-4-1-20(2-5-41)34(45)46/h12-14,17-23,27,30H,1-11,15-16H2,(H,45,46)(H,39,40,44)/t18-,19-,21?,22-,23-,27?. The number of hydrogen-bond acceptors (Lipinski definition) is 9. The van der Waals surface area contributed by atoms with Crippen molar-refractivity contribution in [3.63, 3.8) is 0 Å². The van der Waals surface area contributed by atoms with E-state index in [1.807, 2.05) is 16.3 Å². The van der Waals surface area contributed by atoms with Crippen LogP contribution in [0.2, 0.25) is 10.0 Å². The summed E-state index contributed by atoms with van der Waals surface area (Å²) >= 11 is 16.1. The zero-order valence-corrected chi connectivity index (χ0v) is 29.8. The SMILES string of the molecule is O=C(Nc1nc(-c2cc(Cl)cs2)c(N2CC3CCN(C4[C@H]5C[C@H](C[C@H]6C[C@H]4C6)C5)C3C2)s1)c1cnc(N2CCC(C(=O)O)CC2)c(Cl)c1. The minimum absolute atomic E-state index is 0.317. The van der Waals surface area contributed by atoms with E-state index in [4.69, 9.17) is 28.2 Å². The van der Waals surface area contributed by atoms with Gasteiger partial charge in [0.2, 0.25) is 0 Å². The number of anilines is 3. The molecule has 4 bridgehead atoms. The van der Waals surface area contributed by atoms with E-state index in [2.05, 4.69) is 20.1 Å². The Labute approximate surface area is 298 Å². The molecular formula is C35H40Cl2N6O3S2. The number of fused-ring (bicyclic) bond motifs is 1. The molecule has 2 atom stereocenters. The number of thiazole rings is 1. The zero-order valence-electron chi connectivity index (χ0n) is 26.7. The molecule has 6 saturated carbocycles. The number of aromatic nitrogens is 2. The number of pyridine rings is 1. The molecular weight excluding hydrogens is 687 g/mol. The Morgan fingerprint density at radius 3 is 2.33 bits per heavy atom. The molecule has 6 heterocycles. The summed E-state index contributed by atoms with van der Waals surface area (Å²) in [6.07, 6.45) is 11.2. The summed E-state index contributed by atoms with van der Waals surface area (Å²) < 4.78 is 0. The Kier molecular flexibility index (Phi) is 8.15. The number of halogens is 2. The van der Waals surface area contributed by atoms with Crippen LogP contribution in [-0.2, 0) is 4.79 Å². The fraction of sp³-hybridized carbons (Fsp3) is 0.600. The molecule has 254 valence electrons. The van der Waals surface area contributed by atoms with Gasteiger partial charge in [-0.2, -0.15) is 0 Å². The lowest BCUT2D eigenvalue weighted by Crippen LogP contribution is -2.57. The second-order valence-electron chi connectivity index (χ2n) is 15.1. The molecule has 0 spiro atoms. The van der Waals surface area contributed by atoms with Gasteiger partial charge in [-0.3, -0.25) is 19.8 Å². The number of aliphatic carboxylic acids is 1. The number of carbonyl (C=O) groups excluding carboxylic acids is 1. The molecule has 9 fully saturated rings. The molecule has 48 heavy (non-hydrogen) atoms. The third-order valence-electron chi connectivity index (χ3n) is 12.3. The molecule has 0 aromatic carbocycles. The van der Waals surface area contributed by atoms with Gasteiger partial charge in [0.25, 0.3) is 5.91 Å². The first-order valence-electron chi connectivity index (χ1n) is 17.5. The summed E-state index contributed by atoms with van der Waals surface area (Å²) in [4.78, 5) is 42.8. The topological polar surface area (TPSA) is 102 Å². The summed E-state index contributed by atoms with van der Waals surface area (Å²) in [5.74, 6) is 3.57. The predicted molar refractivity (Wildman–Crippen MR) is 192 cm³/mol. The van der Waals surface area contributed by atoms with Crippen molar-refractivity contribution in [1.82, 2.24) is 14.9 Å². The summed E-state index contributed by atoms with van der Waals surface area (Å²) in [7, 11) is 0. The summed E-state index contributed by atoms with van der Waals surface area (Å²) in [5.41, 5.74) is 1.23. The molecule has 6 aliphatic carbocycles. The number of carbonyl (C=O) groups is 2. The lowest BCUT2D eigenvalue weighted by Gasteiger charge is -2.57. The average Bonchev–Trinajstić information content (AvgIpc) is 3.80. The normalized spacial score (nSPS) is 31.5. The molecule has 3 saturated heterocycles. The first-order chi connectivity index (χ1) is 23.3. The van der Waals surface area contributed by atoms with E-state index in [-0.39, 0.29) is 11.8 Å². The Bertz CT molecular complexity index is 1710. The quantitative estimate of drug-likeness (QED) is 0.259. The number of likely N-dealkylation sites (tertiary alicyclic amines) is 1. The highest BCUT2D eigenvalue weighted by Crippen LogP contribution is 2.57. The number of nitrogens with zero attached hydrogens (tertiary/aromatic N) is 5. The van der Waals surface area contributed by atoms with Crippen molar-refractivity contribution in [3.05, 3.63) is 39.3 Å². The van der Waals surface area contributed by atoms with Gasteiger partial charge in [-0.25, -0.2) is 9.97 Å². The third kappa shape index (κ3) is 5.61. The van der Waals surface area contributed by atoms with Gasteiger partial charge in [0.1, 0.15) is 16.5 Å². The Hall–Kier alpha value is -2.44. The maximum Gasteiger partial charge on any atom is 0.306 e. The highest BCUT2D eigenvalue weighted by molar-refractivity contribution is 7.21. The van der Waals surface area contributed by atoms with Crippen LogP contribution in [-0.4, -0.2) is 76.7 Å². The Morgan fingerprint density at radius 2 is 1.67 bits per heavy atom. The highest BCUT2D eigenvalue weighted by Gasteiger charge is 2.54. The predicted octanol–water partition coefficient (Wildman–Crippen LogP) is 7.46. The molecule has 0 radical (unpaired) electrons. The minimum Gasteiger partial charge on any atom is -0.481 e. The molecule has 3 aliphatic heterocycles. The molecule has 9 nitrogen and oxygen atoms in total. The van der Waals surface area contributed by atoms with Crippen LogP contribution in [0.5, 0.6) is 0 Å². The maximum atomic E-state index is 13.5. The van der Waals surface area contributed by atoms with E-state index in [1.54, 1.807) is 17.4 Å². The van der Waals surface area contributed by atoms with E-state index in [0.29, 0.717) is 64.4 Å². The second kappa shape index (κ2) is 12.4. The smallest absolute Gasteiger partial charge is 0.306 e. The molecule has 2 N–H and O–H groups in total. The van der Waals surface area contributed by atoms with E-state index in [0.717, 1.165) is 58.4 Å². The van der Waals surface area contributed by atoms with Crippen LogP contribution in [0.3, 0.4) is 0 Å². The van der Waals surface area contributed by atoms with Gasteiger partial charge in [0, 0.05) is 49.8 Å². The molecule has 9 aliphatic rings. The lowest BCUT2D eigenvalue weighted by molar-refractivity contribution is -0.142. The lowest BCUT2D eigenvalue weighted by atomic mass is 9.54. The van der Waals surface area contributed by atoms with E-state index >= 15 is 0 Å². The number of amides is 1. The van der Waals surface area contributed by atoms with Gasteiger partial charge in [0.15, 0.2) is 5.13 Å². The van der Waals surface area contributed by atoms with Crippen molar-refractivity contribution in [2.75, 3.05) is 47.8 Å². The largest absolute Gasteiger partial charge is 0.481 e. The molecule has 3 aromatic heterocycles. The Morgan fingerprint density at radius 1 is 0.917 bits per heavy atom. The monoisotopic (exact) mass is 726 g/mol. The van der Waals surface area contributed by atoms with Gasteiger partial charge in [-0.15, -0.1) is 11.3 Å². The van der Waals surface area contributed by atoms with Crippen LogP contribution >= 0.6 is 45.9 Å².